The van der Waals surface area contributed by atoms with Gasteiger partial charge in [-0.15, -0.1) is 0 Å². The van der Waals surface area contributed by atoms with E-state index in [0.717, 1.165) is 5.92 Å². The Hall–Kier alpha value is -0.120. The molecule has 0 rings (SSSR count). The van der Waals surface area contributed by atoms with E-state index in [1.165, 1.54) is 39.0 Å². The van der Waals surface area contributed by atoms with Gasteiger partial charge < -0.3 is 14.7 Å². The minimum Gasteiger partial charge on any atom is -0.309 e. The molecule has 0 saturated heterocycles. The van der Waals surface area contributed by atoms with Crippen molar-refractivity contribution in [3.63, 3.8) is 0 Å². The van der Waals surface area contributed by atoms with E-state index in [1.807, 2.05) is 0 Å². The van der Waals surface area contributed by atoms with Gasteiger partial charge in [-0.3, -0.25) is 0 Å². The first-order valence-corrected chi connectivity index (χ1v) is 7.36. The third kappa shape index (κ3) is 9.86. The summed E-state index contributed by atoms with van der Waals surface area (Å²) in [5.41, 5.74) is 0. The molecule has 0 aromatic rings. The molecular formula is C15H35N3. The second-order valence-electron chi connectivity index (χ2n) is 6.41. The minimum absolute atomic E-state index is 0.672. The minimum atomic E-state index is 0.672. The van der Waals surface area contributed by atoms with Gasteiger partial charge >= 0.3 is 0 Å². The van der Waals surface area contributed by atoms with Crippen molar-refractivity contribution in [1.82, 2.24) is 14.7 Å². The zero-order valence-electron chi connectivity index (χ0n) is 13.7. The van der Waals surface area contributed by atoms with Crippen molar-refractivity contribution in [2.75, 3.05) is 54.4 Å². The van der Waals surface area contributed by atoms with Gasteiger partial charge in [0.25, 0.3) is 0 Å². The van der Waals surface area contributed by atoms with Crippen LogP contribution in [0.4, 0.5) is 0 Å². The van der Waals surface area contributed by atoms with Crippen LogP contribution in [-0.2, 0) is 0 Å². The van der Waals surface area contributed by atoms with Crippen LogP contribution in [0.2, 0.25) is 0 Å². The van der Waals surface area contributed by atoms with Gasteiger partial charge in [0, 0.05) is 19.1 Å². The van der Waals surface area contributed by atoms with E-state index in [2.05, 4.69) is 63.7 Å². The molecule has 0 aliphatic heterocycles. The summed E-state index contributed by atoms with van der Waals surface area (Å²) < 4.78 is 0. The fraction of sp³-hybridized carbons (Fsp3) is 1.00. The Morgan fingerprint density at radius 2 is 1.33 bits per heavy atom. The number of nitrogens with zero attached hydrogens (tertiary/aromatic N) is 3. The van der Waals surface area contributed by atoms with Crippen LogP contribution in [0, 0.1) is 5.92 Å². The lowest BCUT2D eigenvalue weighted by Gasteiger charge is -2.28. The molecule has 110 valence electrons. The maximum atomic E-state index is 2.48. The van der Waals surface area contributed by atoms with Gasteiger partial charge in [0.05, 0.1) is 0 Å². The Morgan fingerprint density at radius 3 is 1.83 bits per heavy atom. The molecule has 0 aromatic carbocycles. The van der Waals surface area contributed by atoms with E-state index in [9.17, 15) is 0 Å². The molecule has 18 heavy (non-hydrogen) atoms. The lowest BCUT2D eigenvalue weighted by Crippen LogP contribution is -2.37. The number of hydrogen-bond donors (Lipinski definition) is 0. The molecule has 0 aliphatic rings. The molecule has 0 fully saturated rings. The fourth-order valence-corrected chi connectivity index (χ4v) is 1.80. The molecule has 3 heteroatoms. The third-order valence-electron chi connectivity index (χ3n) is 3.67. The quantitative estimate of drug-likeness (QED) is 0.594. The largest absolute Gasteiger partial charge is 0.309 e. The van der Waals surface area contributed by atoms with E-state index in [-0.39, 0.29) is 0 Å². The highest BCUT2D eigenvalue weighted by molar-refractivity contribution is 4.66. The lowest BCUT2D eigenvalue weighted by atomic mass is 10.1. The average molecular weight is 257 g/mol. The van der Waals surface area contributed by atoms with Gasteiger partial charge in [0.1, 0.15) is 0 Å². The van der Waals surface area contributed by atoms with Crippen molar-refractivity contribution < 1.29 is 0 Å². The summed E-state index contributed by atoms with van der Waals surface area (Å²) in [5.74, 6) is 0.809. The first-order chi connectivity index (χ1) is 8.32. The molecule has 1 atom stereocenters. The van der Waals surface area contributed by atoms with Gasteiger partial charge in [-0.25, -0.2) is 0 Å². The Morgan fingerprint density at radius 1 is 0.722 bits per heavy atom. The molecule has 0 saturated carbocycles. The van der Waals surface area contributed by atoms with Crippen molar-refractivity contribution in [3.8, 4) is 0 Å². The fourth-order valence-electron chi connectivity index (χ4n) is 1.80. The maximum Gasteiger partial charge on any atom is 0.0109 e. The normalized spacial score (nSPS) is 14.2. The molecule has 0 aliphatic carbocycles. The summed E-state index contributed by atoms with van der Waals surface area (Å²) in [6, 6.07) is 0.672. The Bertz CT molecular complexity index is 192. The molecular weight excluding hydrogens is 222 g/mol. The summed E-state index contributed by atoms with van der Waals surface area (Å²) in [5, 5.41) is 0. The first kappa shape index (κ1) is 17.9. The molecule has 0 aromatic heterocycles. The molecule has 0 amide bonds. The molecule has 1 unspecified atom stereocenters. The summed E-state index contributed by atoms with van der Waals surface area (Å²) in [6.45, 7) is 11.7. The van der Waals surface area contributed by atoms with Gasteiger partial charge in [-0.05, 0) is 67.0 Å². The predicted molar refractivity (Wildman–Crippen MR) is 82.2 cm³/mol. The van der Waals surface area contributed by atoms with Crippen LogP contribution >= 0.6 is 0 Å². The predicted octanol–water partition coefficient (Wildman–Crippen LogP) is 2.24. The highest BCUT2D eigenvalue weighted by atomic mass is 15.2. The van der Waals surface area contributed by atoms with Crippen LogP contribution in [0.25, 0.3) is 0 Å². The number of rotatable bonds is 10. The molecule has 0 spiro atoms. The number of likely N-dealkylation sites (N-methyl/N-ethyl adjacent to an activating group) is 2. The molecule has 0 radical (unpaired) electrons. The molecule has 0 bridgehead atoms. The second kappa shape index (κ2) is 9.76. The van der Waals surface area contributed by atoms with Crippen molar-refractivity contribution >= 4 is 0 Å². The van der Waals surface area contributed by atoms with Crippen molar-refractivity contribution in [1.29, 1.82) is 0 Å². The summed E-state index contributed by atoms with van der Waals surface area (Å²) in [4.78, 5) is 7.20. The van der Waals surface area contributed by atoms with Crippen LogP contribution in [0.5, 0.6) is 0 Å². The van der Waals surface area contributed by atoms with Crippen molar-refractivity contribution in [2.24, 2.45) is 5.92 Å². The molecule has 3 nitrogen and oxygen atoms in total. The summed E-state index contributed by atoms with van der Waals surface area (Å²) in [7, 11) is 8.77. The van der Waals surface area contributed by atoms with Crippen LogP contribution in [0.15, 0.2) is 0 Å². The number of hydrogen-bond acceptors (Lipinski definition) is 3. The standard InChI is InChI=1S/C15H35N3/c1-14(2)8-11-17(6)12-13-18(7)15(3)9-10-16(4)5/h14-15H,8-13H2,1-7H3. The van der Waals surface area contributed by atoms with E-state index in [1.54, 1.807) is 0 Å². The first-order valence-electron chi connectivity index (χ1n) is 7.36. The van der Waals surface area contributed by atoms with E-state index < -0.39 is 0 Å². The SMILES string of the molecule is CC(C)CCN(C)CCN(C)C(C)CCN(C)C. The van der Waals surface area contributed by atoms with Gasteiger partial charge in [0.2, 0.25) is 0 Å². The van der Waals surface area contributed by atoms with E-state index in [0.29, 0.717) is 6.04 Å². The second-order valence-corrected chi connectivity index (χ2v) is 6.41. The van der Waals surface area contributed by atoms with Gasteiger partial charge in [-0.1, -0.05) is 13.8 Å². The Kier molecular flexibility index (Phi) is 9.70. The Labute approximate surface area is 115 Å². The topological polar surface area (TPSA) is 9.72 Å². The summed E-state index contributed by atoms with van der Waals surface area (Å²) >= 11 is 0. The molecule has 0 heterocycles. The lowest BCUT2D eigenvalue weighted by molar-refractivity contribution is 0.194. The monoisotopic (exact) mass is 257 g/mol. The van der Waals surface area contributed by atoms with Crippen LogP contribution < -0.4 is 0 Å². The van der Waals surface area contributed by atoms with Crippen LogP contribution in [0.3, 0.4) is 0 Å². The highest BCUT2D eigenvalue weighted by Crippen LogP contribution is 2.03. The average Bonchev–Trinajstić information content (AvgIpc) is 2.30. The smallest absolute Gasteiger partial charge is 0.0109 e. The molecule has 0 N–H and O–H groups in total. The zero-order chi connectivity index (χ0) is 14.1. The van der Waals surface area contributed by atoms with E-state index >= 15 is 0 Å². The van der Waals surface area contributed by atoms with Crippen LogP contribution in [0.1, 0.15) is 33.6 Å². The van der Waals surface area contributed by atoms with Crippen LogP contribution in [-0.4, -0.2) is 75.1 Å². The van der Waals surface area contributed by atoms with Gasteiger partial charge in [0.15, 0.2) is 0 Å². The van der Waals surface area contributed by atoms with Crippen molar-refractivity contribution in [3.05, 3.63) is 0 Å². The zero-order valence-corrected chi connectivity index (χ0v) is 13.7. The summed E-state index contributed by atoms with van der Waals surface area (Å²) in [6.07, 6.45) is 2.55. The highest BCUT2D eigenvalue weighted by Gasteiger charge is 2.10. The maximum absolute atomic E-state index is 2.48. The third-order valence-corrected chi connectivity index (χ3v) is 3.67. The van der Waals surface area contributed by atoms with Gasteiger partial charge in [-0.2, -0.15) is 0 Å². The van der Waals surface area contributed by atoms with Crippen molar-refractivity contribution in [2.45, 2.75) is 39.7 Å². The van der Waals surface area contributed by atoms with E-state index in [4.69, 9.17) is 0 Å². The Balaban J connectivity index is 3.70.